The molecule has 0 aromatic heterocycles. The third-order valence-corrected chi connectivity index (χ3v) is 2.32. The first-order chi connectivity index (χ1) is 7.92. The molecule has 1 atom stereocenters. The smallest absolute Gasteiger partial charge is 0.250 e. The van der Waals surface area contributed by atoms with E-state index in [4.69, 9.17) is 0 Å². The summed E-state index contributed by atoms with van der Waals surface area (Å²) in [6.45, 7) is 7.07. The molecule has 2 amide bonds. The van der Waals surface area contributed by atoms with E-state index in [-0.39, 0.29) is 11.8 Å². The normalized spacial score (nSPS) is 14.2. The highest BCUT2D eigenvalue weighted by atomic mass is 16.2. The van der Waals surface area contributed by atoms with Crippen molar-refractivity contribution in [2.24, 2.45) is 10.9 Å². The molecule has 1 unspecified atom stereocenters. The van der Waals surface area contributed by atoms with Crippen LogP contribution in [0, 0.1) is 5.92 Å². The number of amides is 2. The molecule has 0 rings (SSSR count). The highest BCUT2D eigenvalue weighted by Crippen LogP contribution is 2.04. The Morgan fingerprint density at radius 2 is 1.94 bits per heavy atom. The number of likely N-dealkylation sites (N-methyl/N-ethyl adjacent to an activating group) is 1. The van der Waals surface area contributed by atoms with E-state index in [9.17, 15) is 9.59 Å². The number of nitrogens with one attached hydrogen (secondary N) is 2. The Morgan fingerprint density at radius 3 is 2.35 bits per heavy atom. The summed E-state index contributed by atoms with van der Waals surface area (Å²) in [5.74, 6) is 0.105. The van der Waals surface area contributed by atoms with Gasteiger partial charge in [0.1, 0.15) is 5.82 Å². The summed E-state index contributed by atoms with van der Waals surface area (Å²) in [7, 11) is 1.54. The molecule has 0 saturated heterocycles. The molecule has 0 aliphatic heterocycles. The van der Waals surface area contributed by atoms with Crippen LogP contribution in [-0.2, 0) is 9.59 Å². The van der Waals surface area contributed by atoms with Gasteiger partial charge < -0.3 is 10.6 Å². The van der Waals surface area contributed by atoms with Gasteiger partial charge >= 0.3 is 0 Å². The maximum Gasteiger partial charge on any atom is 0.250 e. The number of nitrogens with zero attached hydrogens (tertiary/aromatic N) is 1. The van der Waals surface area contributed by atoms with Crippen LogP contribution in [-0.4, -0.2) is 25.1 Å². The Kier molecular flexibility index (Phi) is 6.86. The molecule has 17 heavy (non-hydrogen) atoms. The average molecular weight is 239 g/mol. The molecule has 96 valence electrons. The second-order valence-electron chi connectivity index (χ2n) is 3.90. The van der Waals surface area contributed by atoms with Gasteiger partial charge in [0.25, 0.3) is 0 Å². The molecule has 0 heterocycles. The van der Waals surface area contributed by atoms with Crippen molar-refractivity contribution in [1.82, 2.24) is 10.6 Å². The number of aliphatic imine (C=N–C) groups is 1. The van der Waals surface area contributed by atoms with Crippen LogP contribution in [0.15, 0.2) is 16.4 Å². The Hall–Kier alpha value is -1.65. The van der Waals surface area contributed by atoms with E-state index in [1.807, 2.05) is 13.8 Å². The van der Waals surface area contributed by atoms with Crippen LogP contribution in [0.25, 0.3) is 0 Å². The fourth-order valence-corrected chi connectivity index (χ4v) is 0.992. The van der Waals surface area contributed by atoms with E-state index < -0.39 is 0 Å². The van der Waals surface area contributed by atoms with E-state index >= 15 is 0 Å². The molecular weight excluding hydrogens is 218 g/mol. The second-order valence-corrected chi connectivity index (χ2v) is 3.90. The predicted octanol–water partition coefficient (Wildman–Crippen LogP) is 1.22. The van der Waals surface area contributed by atoms with Crippen LogP contribution < -0.4 is 10.6 Å². The molecule has 0 saturated carbocycles. The van der Waals surface area contributed by atoms with Crippen molar-refractivity contribution in [3.8, 4) is 0 Å². The first-order valence-corrected chi connectivity index (χ1v) is 5.67. The lowest BCUT2D eigenvalue weighted by atomic mass is 10.1. The van der Waals surface area contributed by atoms with Crippen molar-refractivity contribution < 1.29 is 9.59 Å². The number of carbonyl (C=O) groups is 2. The molecule has 0 aromatic carbocycles. The predicted molar refractivity (Wildman–Crippen MR) is 68.5 cm³/mol. The maximum absolute atomic E-state index is 11.5. The van der Waals surface area contributed by atoms with Gasteiger partial charge in [-0.05, 0) is 19.3 Å². The summed E-state index contributed by atoms with van der Waals surface area (Å²) in [6.07, 6.45) is 2.69. The fraction of sp³-hybridized carbons (Fsp3) is 0.583. The first-order valence-electron chi connectivity index (χ1n) is 5.67. The average Bonchev–Trinajstić information content (AvgIpc) is 2.31. The lowest BCUT2D eigenvalue weighted by molar-refractivity contribution is -0.118. The highest BCUT2D eigenvalue weighted by molar-refractivity contribution is 5.94. The topological polar surface area (TPSA) is 70.6 Å². The molecule has 0 aromatic rings. The van der Waals surface area contributed by atoms with Gasteiger partial charge in [-0.1, -0.05) is 13.8 Å². The molecule has 0 radical (unpaired) electrons. The van der Waals surface area contributed by atoms with E-state index in [0.717, 1.165) is 6.42 Å². The summed E-state index contributed by atoms with van der Waals surface area (Å²) in [4.78, 5) is 26.7. The summed E-state index contributed by atoms with van der Waals surface area (Å²) < 4.78 is 0. The van der Waals surface area contributed by atoms with Crippen LogP contribution in [0.4, 0.5) is 0 Å². The van der Waals surface area contributed by atoms with Crippen LogP contribution in [0.5, 0.6) is 0 Å². The number of hydrogen-bond donors (Lipinski definition) is 2. The monoisotopic (exact) mass is 239 g/mol. The SMILES string of the molecule is CCC(C)/C=N\C(NC(C)=O)=C(/C)C(=O)NC. The lowest BCUT2D eigenvalue weighted by Crippen LogP contribution is -2.26. The zero-order valence-corrected chi connectivity index (χ0v) is 11.1. The van der Waals surface area contributed by atoms with E-state index in [1.54, 1.807) is 13.1 Å². The zero-order valence-electron chi connectivity index (χ0n) is 11.1. The Morgan fingerprint density at radius 1 is 1.35 bits per heavy atom. The largest absolute Gasteiger partial charge is 0.355 e. The zero-order chi connectivity index (χ0) is 13.4. The lowest BCUT2D eigenvalue weighted by Gasteiger charge is -2.08. The molecule has 5 nitrogen and oxygen atoms in total. The van der Waals surface area contributed by atoms with E-state index in [2.05, 4.69) is 15.6 Å². The van der Waals surface area contributed by atoms with Gasteiger partial charge in [-0.3, -0.25) is 9.59 Å². The van der Waals surface area contributed by atoms with Gasteiger partial charge in [0.05, 0.1) is 5.57 Å². The Labute approximate surface area is 102 Å². The molecule has 0 aliphatic rings. The molecule has 0 fully saturated rings. The molecular formula is C12H21N3O2. The summed E-state index contributed by atoms with van der Waals surface area (Å²) >= 11 is 0. The van der Waals surface area contributed by atoms with E-state index in [0.29, 0.717) is 17.3 Å². The summed E-state index contributed by atoms with van der Waals surface area (Å²) in [5.41, 5.74) is 0.391. The quantitative estimate of drug-likeness (QED) is 0.559. The fourth-order valence-electron chi connectivity index (χ4n) is 0.992. The van der Waals surface area contributed by atoms with Crippen LogP contribution in [0.1, 0.15) is 34.1 Å². The standard InChI is InChI=1S/C12H21N3O2/c1-6-8(2)7-14-11(15-10(4)16)9(3)12(17)13-5/h7-8H,6H2,1-5H3,(H,13,17)(H,15,16)/b11-9-,14-7-. The van der Waals surface area contributed by atoms with Gasteiger partial charge in [-0.25, -0.2) is 4.99 Å². The van der Waals surface area contributed by atoms with Crippen molar-refractivity contribution >= 4 is 18.0 Å². The van der Waals surface area contributed by atoms with Crippen LogP contribution in [0.2, 0.25) is 0 Å². The van der Waals surface area contributed by atoms with Gasteiger partial charge in [0.2, 0.25) is 11.8 Å². The highest BCUT2D eigenvalue weighted by Gasteiger charge is 2.09. The van der Waals surface area contributed by atoms with Gasteiger partial charge in [-0.15, -0.1) is 0 Å². The van der Waals surface area contributed by atoms with Gasteiger partial charge in [0.15, 0.2) is 0 Å². The minimum absolute atomic E-state index is 0.246. The van der Waals surface area contributed by atoms with Crippen LogP contribution >= 0.6 is 0 Å². The maximum atomic E-state index is 11.5. The summed E-state index contributed by atoms with van der Waals surface area (Å²) in [6, 6.07) is 0. The Bertz CT molecular complexity index is 346. The molecule has 0 spiro atoms. The minimum Gasteiger partial charge on any atom is -0.355 e. The van der Waals surface area contributed by atoms with E-state index in [1.165, 1.54) is 14.0 Å². The van der Waals surface area contributed by atoms with Crippen molar-refractivity contribution in [1.29, 1.82) is 0 Å². The van der Waals surface area contributed by atoms with Crippen molar-refractivity contribution in [2.45, 2.75) is 34.1 Å². The van der Waals surface area contributed by atoms with Gasteiger partial charge in [0, 0.05) is 20.2 Å². The third kappa shape index (κ3) is 5.85. The number of rotatable bonds is 5. The molecule has 0 bridgehead atoms. The first kappa shape index (κ1) is 15.3. The Balaban J connectivity index is 5.06. The third-order valence-electron chi connectivity index (χ3n) is 2.32. The summed E-state index contributed by atoms with van der Waals surface area (Å²) in [5, 5.41) is 5.05. The van der Waals surface area contributed by atoms with Crippen molar-refractivity contribution in [2.75, 3.05) is 7.05 Å². The number of hydrogen-bond acceptors (Lipinski definition) is 3. The molecule has 5 heteroatoms. The van der Waals surface area contributed by atoms with Crippen LogP contribution in [0.3, 0.4) is 0 Å². The number of carbonyl (C=O) groups excluding carboxylic acids is 2. The van der Waals surface area contributed by atoms with Crippen molar-refractivity contribution in [3.63, 3.8) is 0 Å². The van der Waals surface area contributed by atoms with Gasteiger partial charge in [-0.2, -0.15) is 0 Å². The molecule has 0 aliphatic carbocycles. The minimum atomic E-state index is -0.255. The second kappa shape index (κ2) is 7.60. The molecule has 2 N–H and O–H groups in total. The van der Waals surface area contributed by atoms with Crippen molar-refractivity contribution in [3.05, 3.63) is 11.4 Å².